The maximum Gasteiger partial charge on any atom is 0.342 e. The van der Waals surface area contributed by atoms with Gasteiger partial charge in [-0.15, -0.1) is 0 Å². The predicted octanol–water partition coefficient (Wildman–Crippen LogP) is 3.62. The lowest BCUT2D eigenvalue weighted by Gasteiger charge is -2.15. The van der Waals surface area contributed by atoms with Crippen LogP contribution >= 0.6 is 0 Å². The Labute approximate surface area is 131 Å². The van der Waals surface area contributed by atoms with Crippen LogP contribution in [0.4, 0.5) is 0 Å². The van der Waals surface area contributed by atoms with E-state index in [1.807, 2.05) is 0 Å². The molecule has 1 atom stereocenters. The molecule has 0 aliphatic carbocycles. The van der Waals surface area contributed by atoms with Crippen LogP contribution in [0.5, 0.6) is 0 Å². The van der Waals surface area contributed by atoms with Gasteiger partial charge in [0.25, 0.3) is 0 Å². The minimum Gasteiger partial charge on any atom is -0.481 e. The Bertz CT molecular complexity index is 425. The fourth-order valence-electron chi connectivity index (χ4n) is 2.73. The second-order valence-corrected chi connectivity index (χ2v) is 5.94. The van der Waals surface area contributed by atoms with Crippen molar-refractivity contribution in [3.8, 4) is 0 Å². The summed E-state index contributed by atoms with van der Waals surface area (Å²) in [5, 5.41) is 8.83. The number of carboxylic acid groups (broad SMARTS) is 1. The molecule has 0 aromatic carbocycles. The van der Waals surface area contributed by atoms with E-state index in [1.54, 1.807) is 0 Å². The van der Waals surface area contributed by atoms with Crippen molar-refractivity contribution in [3.63, 3.8) is 0 Å². The Morgan fingerprint density at radius 2 is 1.82 bits per heavy atom. The molecule has 22 heavy (non-hydrogen) atoms. The fraction of sp³-hybridized carbons (Fsp3) is 0.706. The summed E-state index contributed by atoms with van der Waals surface area (Å²) < 4.78 is 4.48. The van der Waals surface area contributed by atoms with E-state index in [4.69, 9.17) is 5.11 Å². The zero-order valence-corrected chi connectivity index (χ0v) is 13.3. The highest BCUT2D eigenvalue weighted by molar-refractivity contribution is 6.08. The Balaban J connectivity index is 2.39. The third-order valence-electron chi connectivity index (χ3n) is 3.99. The highest BCUT2D eigenvalue weighted by Crippen LogP contribution is 2.26. The molecule has 1 rings (SSSR count). The van der Waals surface area contributed by atoms with E-state index in [-0.39, 0.29) is 12.3 Å². The Kier molecular flexibility index (Phi) is 8.48. The number of carbonyl (C=O) groups is 3. The van der Waals surface area contributed by atoms with Crippen LogP contribution in [0.2, 0.25) is 0 Å². The average molecular weight is 310 g/mol. The molecule has 0 saturated heterocycles. The summed E-state index contributed by atoms with van der Waals surface area (Å²) in [6.45, 7) is 2.18. The first-order chi connectivity index (χ1) is 10.5. The van der Waals surface area contributed by atoms with E-state index < -0.39 is 17.9 Å². The summed E-state index contributed by atoms with van der Waals surface area (Å²) in [7, 11) is 0. The highest BCUT2D eigenvalue weighted by atomic mass is 16.6. The van der Waals surface area contributed by atoms with Crippen LogP contribution < -0.4 is 0 Å². The predicted molar refractivity (Wildman–Crippen MR) is 82.2 cm³/mol. The molecule has 1 aliphatic rings. The van der Waals surface area contributed by atoms with Crippen LogP contribution in [0.1, 0.15) is 71.1 Å². The number of aliphatic carboxylic acids is 1. The molecule has 0 amide bonds. The molecule has 1 heterocycles. The lowest BCUT2D eigenvalue weighted by atomic mass is 9.89. The average Bonchev–Trinajstić information content (AvgIpc) is 2.77. The van der Waals surface area contributed by atoms with Gasteiger partial charge in [0.2, 0.25) is 0 Å². The monoisotopic (exact) mass is 310 g/mol. The van der Waals surface area contributed by atoms with Crippen molar-refractivity contribution in [2.45, 2.75) is 71.1 Å². The molecule has 5 heteroatoms. The van der Waals surface area contributed by atoms with E-state index in [9.17, 15) is 14.4 Å². The maximum absolute atomic E-state index is 11.5. The Morgan fingerprint density at radius 3 is 2.41 bits per heavy atom. The van der Waals surface area contributed by atoms with Gasteiger partial charge in [0, 0.05) is 18.1 Å². The summed E-state index contributed by atoms with van der Waals surface area (Å²) in [4.78, 5) is 33.3. The van der Waals surface area contributed by atoms with E-state index in [0.29, 0.717) is 18.4 Å². The first-order valence-corrected chi connectivity index (χ1v) is 8.21. The normalized spacial score (nSPS) is 15.6. The van der Waals surface area contributed by atoms with Gasteiger partial charge in [-0.1, -0.05) is 51.9 Å². The number of esters is 2. The Hall–Kier alpha value is -1.65. The lowest BCUT2D eigenvalue weighted by molar-refractivity contribution is -0.150. The van der Waals surface area contributed by atoms with Crippen LogP contribution in [0.15, 0.2) is 11.6 Å². The number of carbonyl (C=O) groups excluding carboxylic acids is 2. The molecule has 0 radical (unpaired) electrons. The van der Waals surface area contributed by atoms with Crippen molar-refractivity contribution in [2.24, 2.45) is 5.92 Å². The van der Waals surface area contributed by atoms with Gasteiger partial charge in [0.05, 0.1) is 0 Å². The van der Waals surface area contributed by atoms with Gasteiger partial charge in [-0.2, -0.15) is 0 Å². The van der Waals surface area contributed by atoms with Gasteiger partial charge in [-0.3, -0.25) is 4.79 Å². The number of rotatable bonds is 12. The molecular formula is C17H26O5. The topological polar surface area (TPSA) is 80.7 Å². The van der Waals surface area contributed by atoms with E-state index >= 15 is 0 Å². The van der Waals surface area contributed by atoms with E-state index in [1.165, 1.54) is 31.8 Å². The van der Waals surface area contributed by atoms with Crippen molar-refractivity contribution >= 4 is 17.9 Å². The van der Waals surface area contributed by atoms with Gasteiger partial charge in [0.15, 0.2) is 0 Å². The van der Waals surface area contributed by atoms with Crippen LogP contribution in [0, 0.1) is 5.92 Å². The number of cyclic esters (lactones) is 2. The van der Waals surface area contributed by atoms with Gasteiger partial charge >= 0.3 is 17.9 Å². The van der Waals surface area contributed by atoms with Crippen LogP contribution in [-0.4, -0.2) is 23.0 Å². The van der Waals surface area contributed by atoms with Gasteiger partial charge < -0.3 is 9.84 Å². The van der Waals surface area contributed by atoms with E-state index in [0.717, 1.165) is 19.3 Å². The lowest BCUT2D eigenvalue weighted by Crippen LogP contribution is -2.09. The smallest absolute Gasteiger partial charge is 0.342 e. The second-order valence-electron chi connectivity index (χ2n) is 5.94. The summed E-state index contributed by atoms with van der Waals surface area (Å²) in [5.74, 6) is -1.90. The molecule has 0 fully saturated rings. The summed E-state index contributed by atoms with van der Waals surface area (Å²) in [6, 6.07) is 0. The van der Waals surface area contributed by atoms with Gasteiger partial charge in [-0.25, -0.2) is 9.59 Å². The van der Waals surface area contributed by atoms with Crippen molar-refractivity contribution in [1.29, 1.82) is 0 Å². The van der Waals surface area contributed by atoms with Gasteiger partial charge in [0.1, 0.15) is 0 Å². The zero-order valence-electron chi connectivity index (χ0n) is 13.3. The second kappa shape index (κ2) is 10.1. The molecule has 1 unspecified atom stereocenters. The molecule has 124 valence electrons. The highest BCUT2D eigenvalue weighted by Gasteiger charge is 2.26. The fourth-order valence-corrected chi connectivity index (χ4v) is 2.73. The van der Waals surface area contributed by atoms with E-state index in [2.05, 4.69) is 11.7 Å². The third-order valence-corrected chi connectivity index (χ3v) is 3.99. The molecular weight excluding hydrogens is 284 g/mol. The largest absolute Gasteiger partial charge is 0.481 e. The number of carboxylic acids is 1. The molecule has 0 saturated carbocycles. The summed E-state index contributed by atoms with van der Waals surface area (Å²) >= 11 is 0. The number of ether oxygens (including phenoxy) is 1. The quantitative estimate of drug-likeness (QED) is 0.338. The van der Waals surface area contributed by atoms with Crippen molar-refractivity contribution in [1.82, 2.24) is 0 Å². The molecule has 0 aromatic rings. The van der Waals surface area contributed by atoms with Crippen LogP contribution in [0.25, 0.3) is 0 Å². The molecule has 0 bridgehead atoms. The maximum atomic E-state index is 11.5. The zero-order chi connectivity index (χ0) is 16.4. The van der Waals surface area contributed by atoms with Crippen molar-refractivity contribution < 1.29 is 24.2 Å². The third kappa shape index (κ3) is 7.38. The number of hydrogen-bond acceptors (Lipinski definition) is 4. The summed E-state index contributed by atoms with van der Waals surface area (Å²) in [5.41, 5.74) is 0.381. The molecule has 0 spiro atoms. The first-order valence-electron chi connectivity index (χ1n) is 8.21. The standard InChI is InChI=1S/C17H26O5/c1-2-3-4-5-6-7-8-13(9-10-15(18)19)11-14-12-16(20)22-17(14)21/h12-13H,2-11H2,1H3,(H,18,19). The minimum absolute atomic E-state index is 0.0940. The SMILES string of the molecule is CCCCCCCCC(CCC(=O)O)CC1=CC(=O)OC1=O. The molecule has 5 nitrogen and oxygen atoms in total. The van der Waals surface area contributed by atoms with Crippen LogP contribution in [-0.2, 0) is 19.1 Å². The molecule has 0 aromatic heterocycles. The van der Waals surface area contributed by atoms with Crippen molar-refractivity contribution in [2.75, 3.05) is 0 Å². The Morgan fingerprint density at radius 1 is 1.14 bits per heavy atom. The number of unbranched alkanes of at least 4 members (excludes halogenated alkanes) is 5. The number of hydrogen-bond donors (Lipinski definition) is 1. The van der Waals surface area contributed by atoms with Gasteiger partial charge in [-0.05, 0) is 18.8 Å². The first kappa shape index (κ1) is 18.4. The molecule has 1 N–H and O–H groups in total. The summed E-state index contributed by atoms with van der Waals surface area (Å²) in [6.07, 6.45) is 10.2. The van der Waals surface area contributed by atoms with Crippen molar-refractivity contribution in [3.05, 3.63) is 11.6 Å². The molecule has 1 aliphatic heterocycles. The minimum atomic E-state index is -0.827. The van der Waals surface area contributed by atoms with Crippen LogP contribution in [0.3, 0.4) is 0 Å².